The first-order chi connectivity index (χ1) is 8.59. The van der Waals surface area contributed by atoms with Gasteiger partial charge in [-0.25, -0.2) is 0 Å². The second-order valence-electron chi connectivity index (χ2n) is 7.27. The fourth-order valence-electron chi connectivity index (χ4n) is 1.64. The van der Waals surface area contributed by atoms with Crippen LogP contribution in [-0.4, -0.2) is 12.4 Å². The molecular formula is C17H26O2. The zero-order valence-electron chi connectivity index (χ0n) is 13.0. The third-order valence-corrected chi connectivity index (χ3v) is 2.90. The number of carbonyl (C=O) groups excluding carboxylic acids is 1. The van der Waals surface area contributed by atoms with Crippen molar-refractivity contribution in [3.05, 3.63) is 29.8 Å². The lowest BCUT2D eigenvalue weighted by Crippen LogP contribution is -2.20. The Labute approximate surface area is 117 Å². The molecule has 19 heavy (non-hydrogen) atoms. The van der Waals surface area contributed by atoms with Gasteiger partial charge in [0.25, 0.3) is 0 Å². The van der Waals surface area contributed by atoms with E-state index in [0.29, 0.717) is 6.61 Å². The molecule has 0 aliphatic carbocycles. The van der Waals surface area contributed by atoms with Gasteiger partial charge < -0.3 is 4.74 Å². The molecule has 0 unspecified atom stereocenters. The van der Waals surface area contributed by atoms with E-state index in [1.807, 2.05) is 45.0 Å². The maximum Gasteiger partial charge on any atom is 0.168 e. The van der Waals surface area contributed by atoms with E-state index in [1.54, 1.807) is 0 Å². The van der Waals surface area contributed by atoms with Gasteiger partial charge in [0.05, 0.1) is 6.61 Å². The molecule has 0 saturated heterocycles. The molecule has 0 radical (unpaired) electrons. The van der Waals surface area contributed by atoms with Crippen LogP contribution in [0.5, 0.6) is 5.75 Å². The second kappa shape index (κ2) is 5.77. The van der Waals surface area contributed by atoms with Gasteiger partial charge in [0, 0.05) is 11.0 Å². The Morgan fingerprint density at radius 1 is 1.11 bits per heavy atom. The van der Waals surface area contributed by atoms with E-state index in [2.05, 4.69) is 20.8 Å². The SMILES string of the molecule is CC(C)(C)CCOc1cccc(C(=O)C(C)(C)C)c1. The minimum Gasteiger partial charge on any atom is -0.494 e. The standard InChI is InChI=1S/C17H26O2/c1-16(2,3)10-11-19-14-9-7-8-13(12-14)15(18)17(4,5)6/h7-9,12H,10-11H2,1-6H3. The Hall–Kier alpha value is -1.31. The summed E-state index contributed by atoms with van der Waals surface area (Å²) in [5, 5.41) is 0. The smallest absolute Gasteiger partial charge is 0.168 e. The van der Waals surface area contributed by atoms with Crippen molar-refractivity contribution >= 4 is 5.78 Å². The molecule has 0 aliphatic rings. The summed E-state index contributed by atoms with van der Waals surface area (Å²) in [6.07, 6.45) is 0.991. The van der Waals surface area contributed by atoms with Gasteiger partial charge in [0.2, 0.25) is 0 Å². The predicted molar refractivity (Wildman–Crippen MR) is 79.8 cm³/mol. The van der Waals surface area contributed by atoms with Gasteiger partial charge in [-0.15, -0.1) is 0 Å². The van der Waals surface area contributed by atoms with Crippen LogP contribution in [0.3, 0.4) is 0 Å². The molecule has 0 heterocycles. The van der Waals surface area contributed by atoms with Gasteiger partial charge in [-0.3, -0.25) is 4.79 Å². The van der Waals surface area contributed by atoms with E-state index in [0.717, 1.165) is 17.7 Å². The zero-order chi connectivity index (χ0) is 14.7. The van der Waals surface area contributed by atoms with E-state index in [-0.39, 0.29) is 16.6 Å². The number of ketones is 1. The van der Waals surface area contributed by atoms with Crippen molar-refractivity contribution in [3.63, 3.8) is 0 Å². The van der Waals surface area contributed by atoms with Gasteiger partial charge in [0.1, 0.15) is 5.75 Å². The normalized spacial score (nSPS) is 12.3. The largest absolute Gasteiger partial charge is 0.494 e. The van der Waals surface area contributed by atoms with Gasteiger partial charge in [-0.05, 0) is 24.0 Å². The molecule has 0 amide bonds. The average molecular weight is 262 g/mol. The molecule has 0 bridgehead atoms. The predicted octanol–water partition coefficient (Wildman–Crippen LogP) is 4.73. The third kappa shape index (κ3) is 5.46. The Kier molecular flexibility index (Phi) is 4.78. The first kappa shape index (κ1) is 15.7. The van der Waals surface area contributed by atoms with Gasteiger partial charge in [0.15, 0.2) is 5.78 Å². The summed E-state index contributed by atoms with van der Waals surface area (Å²) >= 11 is 0. The number of hydrogen-bond acceptors (Lipinski definition) is 2. The highest BCUT2D eigenvalue weighted by molar-refractivity contribution is 6.00. The van der Waals surface area contributed by atoms with Crippen LogP contribution in [0, 0.1) is 10.8 Å². The van der Waals surface area contributed by atoms with E-state index in [9.17, 15) is 4.79 Å². The van der Waals surface area contributed by atoms with Crippen molar-refractivity contribution in [2.24, 2.45) is 10.8 Å². The molecule has 0 aliphatic heterocycles. The molecule has 106 valence electrons. The van der Waals surface area contributed by atoms with Crippen LogP contribution in [0.25, 0.3) is 0 Å². The Balaban J connectivity index is 2.70. The van der Waals surface area contributed by atoms with E-state index < -0.39 is 0 Å². The highest BCUT2D eigenvalue weighted by Gasteiger charge is 2.23. The molecule has 1 aromatic carbocycles. The summed E-state index contributed by atoms with van der Waals surface area (Å²) in [4.78, 5) is 12.2. The van der Waals surface area contributed by atoms with Crippen molar-refractivity contribution in [2.45, 2.75) is 48.0 Å². The monoisotopic (exact) mass is 262 g/mol. The average Bonchev–Trinajstić information content (AvgIpc) is 2.25. The van der Waals surface area contributed by atoms with Crippen molar-refractivity contribution < 1.29 is 9.53 Å². The minimum atomic E-state index is -0.357. The van der Waals surface area contributed by atoms with Crippen molar-refractivity contribution in [2.75, 3.05) is 6.61 Å². The first-order valence-corrected chi connectivity index (χ1v) is 6.87. The number of carbonyl (C=O) groups is 1. The maximum absolute atomic E-state index is 12.2. The summed E-state index contributed by atoms with van der Waals surface area (Å²) in [6, 6.07) is 7.48. The summed E-state index contributed by atoms with van der Waals surface area (Å²) in [5.74, 6) is 0.924. The van der Waals surface area contributed by atoms with Crippen LogP contribution >= 0.6 is 0 Å². The molecule has 2 nitrogen and oxygen atoms in total. The van der Waals surface area contributed by atoms with Crippen LogP contribution in [0.1, 0.15) is 58.3 Å². The number of hydrogen-bond donors (Lipinski definition) is 0. The summed E-state index contributed by atoms with van der Waals surface area (Å²) < 4.78 is 5.73. The maximum atomic E-state index is 12.2. The van der Waals surface area contributed by atoms with Crippen molar-refractivity contribution in [1.82, 2.24) is 0 Å². The van der Waals surface area contributed by atoms with Crippen LogP contribution in [0.2, 0.25) is 0 Å². The van der Waals surface area contributed by atoms with E-state index in [1.165, 1.54) is 0 Å². The van der Waals surface area contributed by atoms with E-state index >= 15 is 0 Å². The lowest BCUT2D eigenvalue weighted by atomic mass is 9.86. The molecule has 0 fully saturated rings. The Morgan fingerprint density at radius 3 is 2.26 bits per heavy atom. The molecule has 0 aromatic heterocycles. The van der Waals surface area contributed by atoms with Crippen LogP contribution in [-0.2, 0) is 0 Å². The Bertz CT molecular complexity index is 433. The van der Waals surface area contributed by atoms with Crippen molar-refractivity contribution in [1.29, 1.82) is 0 Å². The van der Waals surface area contributed by atoms with Crippen LogP contribution in [0.4, 0.5) is 0 Å². The fraction of sp³-hybridized carbons (Fsp3) is 0.588. The molecule has 1 rings (SSSR count). The number of Topliss-reactive ketones (excluding diaryl/α,β-unsaturated/α-hetero) is 1. The molecule has 0 N–H and O–H groups in total. The summed E-state index contributed by atoms with van der Waals surface area (Å²) in [7, 11) is 0. The van der Waals surface area contributed by atoms with Crippen LogP contribution < -0.4 is 4.74 Å². The number of rotatable bonds is 4. The molecule has 0 spiro atoms. The molecule has 0 saturated carbocycles. The molecular weight excluding hydrogens is 236 g/mol. The van der Waals surface area contributed by atoms with Crippen LogP contribution in [0.15, 0.2) is 24.3 Å². The van der Waals surface area contributed by atoms with Gasteiger partial charge >= 0.3 is 0 Å². The van der Waals surface area contributed by atoms with E-state index in [4.69, 9.17) is 4.74 Å². The summed E-state index contributed by atoms with van der Waals surface area (Å²) in [5.41, 5.74) is 0.629. The zero-order valence-corrected chi connectivity index (χ0v) is 13.0. The fourth-order valence-corrected chi connectivity index (χ4v) is 1.64. The number of benzene rings is 1. The number of ether oxygens (including phenoxy) is 1. The molecule has 0 atom stereocenters. The third-order valence-electron chi connectivity index (χ3n) is 2.90. The summed E-state index contributed by atoms with van der Waals surface area (Å²) in [6.45, 7) is 13.0. The lowest BCUT2D eigenvalue weighted by Gasteiger charge is -2.19. The molecule has 1 aromatic rings. The Morgan fingerprint density at radius 2 is 1.74 bits per heavy atom. The highest BCUT2D eigenvalue weighted by atomic mass is 16.5. The van der Waals surface area contributed by atoms with Crippen molar-refractivity contribution in [3.8, 4) is 5.75 Å². The first-order valence-electron chi connectivity index (χ1n) is 6.87. The quantitative estimate of drug-likeness (QED) is 0.733. The second-order valence-corrected chi connectivity index (χ2v) is 7.27. The highest BCUT2D eigenvalue weighted by Crippen LogP contribution is 2.24. The van der Waals surface area contributed by atoms with Gasteiger partial charge in [-0.1, -0.05) is 53.7 Å². The lowest BCUT2D eigenvalue weighted by molar-refractivity contribution is 0.0857. The topological polar surface area (TPSA) is 26.3 Å². The van der Waals surface area contributed by atoms with Gasteiger partial charge in [-0.2, -0.15) is 0 Å². The molecule has 2 heteroatoms. The minimum absolute atomic E-state index is 0.147.